The van der Waals surface area contributed by atoms with Crippen molar-refractivity contribution in [2.75, 3.05) is 5.32 Å². The molecule has 0 heterocycles. The maximum atomic E-state index is 5.86. The highest BCUT2D eigenvalue weighted by atomic mass is 15.1. The third kappa shape index (κ3) is 4.34. The van der Waals surface area contributed by atoms with Gasteiger partial charge in [-0.2, -0.15) is 0 Å². The molecule has 0 unspecified atom stereocenters. The summed E-state index contributed by atoms with van der Waals surface area (Å²) >= 11 is 0. The average Bonchev–Trinajstić information content (AvgIpc) is 2.17. The van der Waals surface area contributed by atoms with Crippen molar-refractivity contribution >= 4 is 11.6 Å². The van der Waals surface area contributed by atoms with Crippen LogP contribution in [0, 0.1) is 0 Å². The molecule has 0 fully saturated rings. The highest BCUT2D eigenvalue weighted by Crippen LogP contribution is 2.16. The smallest absolute Gasteiger partial charge is 0.193 e. The van der Waals surface area contributed by atoms with E-state index in [1.807, 2.05) is 30.3 Å². The lowest BCUT2D eigenvalue weighted by Gasteiger charge is -2.19. The van der Waals surface area contributed by atoms with Crippen molar-refractivity contribution in [3.8, 4) is 0 Å². The Bertz CT molecular complexity index is 341. The molecule has 1 aromatic rings. The van der Waals surface area contributed by atoms with Crippen LogP contribution in [-0.2, 0) is 0 Å². The molecule has 16 heavy (non-hydrogen) atoms. The first-order valence-corrected chi connectivity index (χ1v) is 5.71. The summed E-state index contributed by atoms with van der Waals surface area (Å²) in [6.45, 7) is 6.34. The molecule has 0 saturated carbocycles. The minimum atomic E-state index is -0.0966. The van der Waals surface area contributed by atoms with Crippen molar-refractivity contribution in [1.82, 2.24) is 0 Å². The molecule has 88 valence electrons. The van der Waals surface area contributed by atoms with E-state index in [0.717, 1.165) is 18.5 Å². The molecule has 3 N–H and O–H groups in total. The van der Waals surface area contributed by atoms with Crippen LogP contribution in [0.1, 0.15) is 33.6 Å². The molecule has 3 nitrogen and oxygen atoms in total. The topological polar surface area (TPSA) is 50.4 Å². The number of guanidine groups is 1. The van der Waals surface area contributed by atoms with Crippen LogP contribution in [0.15, 0.2) is 35.3 Å². The van der Waals surface area contributed by atoms with Crippen LogP contribution in [0.25, 0.3) is 0 Å². The summed E-state index contributed by atoms with van der Waals surface area (Å²) in [5.41, 5.74) is 6.73. The molecule has 0 spiro atoms. The van der Waals surface area contributed by atoms with E-state index in [1.54, 1.807) is 0 Å². The van der Waals surface area contributed by atoms with Gasteiger partial charge in [-0.15, -0.1) is 0 Å². The van der Waals surface area contributed by atoms with Crippen molar-refractivity contribution in [1.29, 1.82) is 0 Å². The second-order valence-electron chi connectivity index (χ2n) is 4.55. The molecule has 0 aliphatic heterocycles. The summed E-state index contributed by atoms with van der Waals surface area (Å²) in [5, 5.41) is 3.08. The van der Waals surface area contributed by atoms with Crippen molar-refractivity contribution < 1.29 is 0 Å². The lowest BCUT2D eigenvalue weighted by Crippen LogP contribution is -2.28. The standard InChI is InChI=1S/C13H21N3/c1-4-10-13(2,3)16-12(14)15-11-8-6-5-7-9-11/h5-9H,4,10H2,1-3H3,(H3,14,15,16). The zero-order valence-corrected chi connectivity index (χ0v) is 10.3. The molecular formula is C13H21N3. The maximum Gasteiger partial charge on any atom is 0.193 e. The predicted octanol–water partition coefficient (Wildman–Crippen LogP) is 2.99. The Morgan fingerprint density at radius 2 is 1.94 bits per heavy atom. The second kappa shape index (κ2) is 5.54. The van der Waals surface area contributed by atoms with Crippen LogP contribution in [0.2, 0.25) is 0 Å². The Morgan fingerprint density at radius 1 is 1.31 bits per heavy atom. The van der Waals surface area contributed by atoms with Crippen molar-refractivity contribution in [2.24, 2.45) is 10.7 Å². The van der Waals surface area contributed by atoms with E-state index in [4.69, 9.17) is 5.73 Å². The number of nitrogens with zero attached hydrogens (tertiary/aromatic N) is 1. The van der Waals surface area contributed by atoms with Gasteiger partial charge in [0.25, 0.3) is 0 Å². The number of anilines is 1. The molecule has 0 aliphatic rings. The molecule has 0 atom stereocenters. The van der Waals surface area contributed by atoms with Gasteiger partial charge in [0, 0.05) is 5.69 Å². The highest BCUT2D eigenvalue weighted by Gasteiger charge is 2.15. The molecule has 1 aromatic carbocycles. The minimum Gasteiger partial charge on any atom is -0.370 e. The monoisotopic (exact) mass is 219 g/mol. The first-order chi connectivity index (χ1) is 7.53. The third-order valence-electron chi connectivity index (χ3n) is 2.33. The molecule has 0 bridgehead atoms. The molecule has 0 aromatic heterocycles. The van der Waals surface area contributed by atoms with Gasteiger partial charge in [-0.25, -0.2) is 4.99 Å². The van der Waals surface area contributed by atoms with Gasteiger partial charge in [-0.3, -0.25) is 0 Å². The van der Waals surface area contributed by atoms with E-state index in [1.165, 1.54) is 0 Å². The van der Waals surface area contributed by atoms with Gasteiger partial charge < -0.3 is 11.1 Å². The number of rotatable bonds is 4. The van der Waals surface area contributed by atoms with E-state index in [0.29, 0.717) is 5.96 Å². The van der Waals surface area contributed by atoms with Crippen LogP contribution < -0.4 is 11.1 Å². The van der Waals surface area contributed by atoms with E-state index in [9.17, 15) is 0 Å². The summed E-state index contributed by atoms with van der Waals surface area (Å²) in [6.07, 6.45) is 2.14. The van der Waals surface area contributed by atoms with Crippen LogP contribution in [0.5, 0.6) is 0 Å². The number of aliphatic imine (C=N–C) groups is 1. The van der Waals surface area contributed by atoms with Crippen molar-refractivity contribution in [2.45, 2.75) is 39.2 Å². The van der Waals surface area contributed by atoms with Crippen molar-refractivity contribution in [3.05, 3.63) is 30.3 Å². The van der Waals surface area contributed by atoms with E-state index in [2.05, 4.69) is 31.1 Å². The van der Waals surface area contributed by atoms with Crippen LogP contribution in [0.4, 0.5) is 5.69 Å². The number of para-hydroxylation sites is 1. The SMILES string of the molecule is CCCC(C)(C)N=C(N)Nc1ccccc1. The largest absolute Gasteiger partial charge is 0.370 e. The number of hydrogen-bond donors (Lipinski definition) is 2. The average molecular weight is 219 g/mol. The summed E-state index contributed by atoms with van der Waals surface area (Å²) in [4.78, 5) is 4.48. The Hall–Kier alpha value is -1.51. The fourth-order valence-electron chi connectivity index (χ4n) is 1.69. The molecule has 3 heteroatoms. The quantitative estimate of drug-likeness (QED) is 0.604. The summed E-state index contributed by atoms with van der Waals surface area (Å²) in [6, 6.07) is 9.84. The molecule has 1 rings (SSSR count). The zero-order valence-electron chi connectivity index (χ0n) is 10.3. The second-order valence-corrected chi connectivity index (χ2v) is 4.55. The van der Waals surface area contributed by atoms with Crippen molar-refractivity contribution in [3.63, 3.8) is 0 Å². The zero-order chi connectivity index (χ0) is 12.0. The number of nitrogens with two attached hydrogens (primary N) is 1. The first-order valence-electron chi connectivity index (χ1n) is 5.71. The number of nitrogens with one attached hydrogen (secondary N) is 1. The maximum absolute atomic E-state index is 5.86. The number of hydrogen-bond acceptors (Lipinski definition) is 1. The lowest BCUT2D eigenvalue weighted by molar-refractivity contribution is 0.473. The van der Waals surface area contributed by atoms with E-state index >= 15 is 0 Å². The minimum absolute atomic E-state index is 0.0966. The van der Waals surface area contributed by atoms with Gasteiger partial charge in [-0.1, -0.05) is 31.5 Å². The molecular weight excluding hydrogens is 198 g/mol. The normalized spacial score (nSPS) is 12.6. The number of benzene rings is 1. The fourth-order valence-corrected chi connectivity index (χ4v) is 1.69. The van der Waals surface area contributed by atoms with Gasteiger partial charge >= 0.3 is 0 Å². The molecule has 0 amide bonds. The van der Waals surface area contributed by atoms with Crippen LogP contribution >= 0.6 is 0 Å². The highest BCUT2D eigenvalue weighted by molar-refractivity contribution is 5.92. The van der Waals surface area contributed by atoms with Gasteiger partial charge in [0.15, 0.2) is 5.96 Å². The van der Waals surface area contributed by atoms with E-state index in [-0.39, 0.29) is 5.54 Å². The molecule has 0 saturated heterocycles. The van der Waals surface area contributed by atoms with Gasteiger partial charge in [0.1, 0.15) is 0 Å². The lowest BCUT2D eigenvalue weighted by atomic mass is 10.0. The Balaban J connectivity index is 2.65. The predicted molar refractivity (Wildman–Crippen MR) is 70.7 cm³/mol. The van der Waals surface area contributed by atoms with Crippen LogP contribution in [-0.4, -0.2) is 11.5 Å². The fraction of sp³-hybridized carbons (Fsp3) is 0.462. The Labute approximate surface area is 97.8 Å². The third-order valence-corrected chi connectivity index (χ3v) is 2.33. The van der Waals surface area contributed by atoms with Gasteiger partial charge in [0.2, 0.25) is 0 Å². The van der Waals surface area contributed by atoms with Gasteiger partial charge in [0.05, 0.1) is 5.54 Å². The molecule has 0 aliphatic carbocycles. The molecule has 0 radical (unpaired) electrons. The summed E-state index contributed by atoms with van der Waals surface area (Å²) < 4.78 is 0. The summed E-state index contributed by atoms with van der Waals surface area (Å²) in [5.74, 6) is 0.477. The van der Waals surface area contributed by atoms with Gasteiger partial charge in [-0.05, 0) is 32.4 Å². The van der Waals surface area contributed by atoms with Crippen LogP contribution in [0.3, 0.4) is 0 Å². The Morgan fingerprint density at radius 3 is 2.50 bits per heavy atom. The first kappa shape index (κ1) is 12.6. The summed E-state index contributed by atoms with van der Waals surface area (Å²) in [7, 11) is 0. The Kier molecular flexibility index (Phi) is 4.35. The van der Waals surface area contributed by atoms with E-state index < -0.39 is 0 Å².